The van der Waals surface area contributed by atoms with Crippen molar-refractivity contribution >= 4 is 17.4 Å². The van der Waals surface area contributed by atoms with Crippen LogP contribution in [0.25, 0.3) is 5.57 Å². The first-order chi connectivity index (χ1) is 15.1. The highest BCUT2D eigenvalue weighted by Gasteiger charge is 2.44. The van der Waals surface area contributed by atoms with E-state index >= 15 is 0 Å². The van der Waals surface area contributed by atoms with Gasteiger partial charge < -0.3 is 9.64 Å². The molecule has 0 spiro atoms. The van der Waals surface area contributed by atoms with Crippen LogP contribution in [0, 0.1) is 5.92 Å². The number of amides is 2. The summed E-state index contributed by atoms with van der Waals surface area (Å²) in [6.45, 7) is 6.61. The van der Waals surface area contributed by atoms with Crippen LogP contribution in [0.3, 0.4) is 0 Å². The number of hydrogen-bond donors (Lipinski definition) is 0. The summed E-state index contributed by atoms with van der Waals surface area (Å²) in [6, 6.07) is 7.75. The molecule has 4 rings (SSSR count). The van der Waals surface area contributed by atoms with Crippen LogP contribution in [0.2, 0.25) is 0 Å². The van der Waals surface area contributed by atoms with E-state index < -0.39 is 0 Å². The summed E-state index contributed by atoms with van der Waals surface area (Å²) in [5.41, 5.74) is 2.04. The zero-order valence-corrected chi connectivity index (χ0v) is 19.1. The van der Waals surface area contributed by atoms with E-state index in [1.807, 2.05) is 24.3 Å². The first-order valence-corrected chi connectivity index (χ1v) is 12.2. The van der Waals surface area contributed by atoms with Crippen LogP contribution < -0.4 is 4.74 Å². The smallest absolute Gasteiger partial charge is 0.278 e. The van der Waals surface area contributed by atoms with Crippen molar-refractivity contribution < 1.29 is 14.3 Å². The van der Waals surface area contributed by atoms with Crippen molar-refractivity contribution in [1.29, 1.82) is 0 Å². The van der Waals surface area contributed by atoms with Crippen LogP contribution in [0.1, 0.15) is 77.2 Å². The summed E-state index contributed by atoms with van der Waals surface area (Å²) in [7, 11) is 0. The van der Waals surface area contributed by atoms with Gasteiger partial charge in [0.15, 0.2) is 0 Å². The van der Waals surface area contributed by atoms with Gasteiger partial charge >= 0.3 is 0 Å². The van der Waals surface area contributed by atoms with E-state index in [-0.39, 0.29) is 17.9 Å². The maximum absolute atomic E-state index is 13.7. The Bertz CT molecular complexity index is 814. The van der Waals surface area contributed by atoms with Gasteiger partial charge in [0.05, 0.1) is 12.2 Å². The summed E-state index contributed by atoms with van der Waals surface area (Å²) in [4.78, 5) is 31.0. The van der Waals surface area contributed by atoms with E-state index in [0.717, 1.165) is 62.9 Å². The van der Waals surface area contributed by atoms with Crippen molar-refractivity contribution in [2.45, 2.75) is 77.7 Å². The van der Waals surface area contributed by atoms with Crippen molar-refractivity contribution in [2.75, 3.05) is 19.7 Å². The fourth-order valence-corrected chi connectivity index (χ4v) is 5.03. The molecule has 0 radical (unpaired) electrons. The molecule has 168 valence electrons. The molecule has 2 amide bonds. The molecule has 1 aliphatic carbocycles. The summed E-state index contributed by atoms with van der Waals surface area (Å²) in [5, 5.41) is 0. The van der Waals surface area contributed by atoms with Crippen molar-refractivity contribution in [2.24, 2.45) is 5.92 Å². The summed E-state index contributed by atoms with van der Waals surface area (Å²) in [5.74, 6) is 1.07. The number of carbonyl (C=O) groups is 2. The van der Waals surface area contributed by atoms with Crippen molar-refractivity contribution in [1.82, 2.24) is 9.80 Å². The van der Waals surface area contributed by atoms with Gasteiger partial charge in [-0.15, -0.1) is 0 Å². The van der Waals surface area contributed by atoms with Crippen LogP contribution in [-0.4, -0.2) is 47.4 Å². The molecule has 3 aliphatic rings. The lowest BCUT2D eigenvalue weighted by Gasteiger charge is -2.29. The van der Waals surface area contributed by atoms with Gasteiger partial charge in [0.1, 0.15) is 11.4 Å². The molecule has 2 fully saturated rings. The molecular formula is C26H36N2O3. The number of rotatable bonds is 6. The molecule has 0 atom stereocenters. The van der Waals surface area contributed by atoms with Gasteiger partial charge in [-0.2, -0.15) is 0 Å². The van der Waals surface area contributed by atoms with Crippen LogP contribution in [0.5, 0.6) is 5.75 Å². The second kappa shape index (κ2) is 9.88. The Morgan fingerprint density at radius 2 is 1.48 bits per heavy atom. The largest absolute Gasteiger partial charge is 0.493 e. The topological polar surface area (TPSA) is 49.9 Å². The van der Waals surface area contributed by atoms with Gasteiger partial charge in [-0.05, 0) is 49.3 Å². The Balaban J connectivity index is 1.63. The van der Waals surface area contributed by atoms with E-state index in [9.17, 15) is 9.59 Å². The Labute approximate surface area is 186 Å². The van der Waals surface area contributed by atoms with E-state index in [0.29, 0.717) is 23.8 Å². The van der Waals surface area contributed by atoms with Gasteiger partial charge in [-0.3, -0.25) is 14.5 Å². The summed E-state index contributed by atoms with van der Waals surface area (Å²) < 4.78 is 5.81. The molecule has 1 aromatic carbocycles. The monoisotopic (exact) mass is 424 g/mol. The lowest BCUT2D eigenvalue weighted by atomic mass is 9.95. The molecule has 0 bridgehead atoms. The Hall–Kier alpha value is -2.30. The third kappa shape index (κ3) is 4.81. The second-order valence-corrected chi connectivity index (χ2v) is 9.63. The minimum absolute atomic E-state index is 0.0315. The van der Waals surface area contributed by atoms with E-state index in [1.54, 1.807) is 4.90 Å². The average molecular weight is 425 g/mol. The fourth-order valence-electron chi connectivity index (χ4n) is 5.03. The van der Waals surface area contributed by atoms with Crippen molar-refractivity contribution in [3.05, 3.63) is 35.5 Å². The van der Waals surface area contributed by atoms with Gasteiger partial charge in [-0.1, -0.05) is 58.1 Å². The molecule has 1 saturated heterocycles. The van der Waals surface area contributed by atoms with Gasteiger partial charge in [0, 0.05) is 19.1 Å². The minimum atomic E-state index is -0.103. The maximum Gasteiger partial charge on any atom is 0.278 e. The third-order valence-corrected chi connectivity index (χ3v) is 6.68. The molecule has 2 heterocycles. The van der Waals surface area contributed by atoms with Crippen molar-refractivity contribution in [3.8, 4) is 5.75 Å². The van der Waals surface area contributed by atoms with Crippen molar-refractivity contribution in [3.63, 3.8) is 0 Å². The molecule has 5 heteroatoms. The number of imide groups is 1. The van der Waals surface area contributed by atoms with Crippen LogP contribution in [0.15, 0.2) is 30.0 Å². The van der Waals surface area contributed by atoms with Crippen LogP contribution in [-0.2, 0) is 9.59 Å². The predicted molar refractivity (Wildman–Crippen MR) is 122 cm³/mol. The van der Waals surface area contributed by atoms with E-state index in [2.05, 4.69) is 18.7 Å². The maximum atomic E-state index is 13.7. The number of carbonyl (C=O) groups excluding carboxylic acids is 2. The average Bonchev–Trinajstić information content (AvgIpc) is 3.34. The highest BCUT2D eigenvalue weighted by atomic mass is 16.5. The normalized spacial score (nSPS) is 21.3. The fraction of sp³-hybridized carbons (Fsp3) is 0.615. The standard InChI is InChI=1S/C26H36N2O3/c1-19(2)18-31-22-14-12-20(13-15-22)23-24(27-16-8-9-17-27)26(30)28(25(23)29)21-10-6-4-3-5-7-11-21/h12-15,19,21H,3-11,16-18H2,1-2H3. The first kappa shape index (κ1) is 21.9. The lowest BCUT2D eigenvalue weighted by Crippen LogP contribution is -2.42. The Morgan fingerprint density at radius 1 is 0.871 bits per heavy atom. The van der Waals surface area contributed by atoms with Crippen LogP contribution in [0.4, 0.5) is 0 Å². The molecule has 1 aromatic rings. The predicted octanol–water partition coefficient (Wildman–Crippen LogP) is 5.01. The SMILES string of the molecule is CC(C)COc1ccc(C2=C(N3CCCC3)C(=O)N(C3CCCCCCC3)C2=O)cc1. The quantitative estimate of drug-likeness (QED) is 0.603. The third-order valence-electron chi connectivity index (χ3n) is 6.68. The highest BCUT2D eigenvalue weighted by Crippen LogP contribution is 2.37. The van der Waals surface area contributed by atoms with Gasteiger partial charge in [0.25, 0.3) is 11.8 Å². The van der Waals surface area contributed by atoms with Gasteiger partial charge in [0.2, 0.25) is 0 Å². The Kier molecular flexibility index (Phi) is 6.99. The zero-order chi connectivity index (χ0) is 21.8. The lowest BCUT2D eigenvalue weighted by molar-refractivity contribution is -0.140. The number of hydrogen-bond acceptors (Lipinski definition) is 4. The number of ether oxygens (including phenoxy) is 1. The minimum Gasteiger partial charge on any atom is -0.493 e. The molecule has 0 unspecified atom stereocenters. The number of nitrogens with zero attached hydrogens (tertiary/aromatic N) is 2. The molecule has 31 heavy (non-hydrogen) atoms. The molecule has 0 aromatic heterocycles. The molecular weight excluding hydrogens is 388 g/mol. The Morgan fingerprint density at radius 3 is 2.10 bits per heavy atom. The first-order valence-electron chi connectivity index (χ1n) is 12.2. The number of benzene rings is 1. The second-order valence-electron chi connectivity index (χ2n) is 9.63. The van der Waals surface area contributed by atoms with Gasteiger partial charge in [-0.25, -0.2) is 0 Å². The number of likely N-dealkylation sites (tertiary alicyclic amines) is 1. The van der Waals surface area contributed by atoms with Crippen LogP contribution >= 0.6 is 0 Å². The van der Waals surface area contributed by atoms with E-state index in [1.165, 1.54) is 19.3 Å². The summed E-state index contributed by atoms with van der Waals surface area (Å²) in [6.07, 6.45) is 9.86. The molecule has 0 N–H and O–H groups in total. The van der Waals surface area contributed by atoms with E-state index in [4.69, 9.17) is 4.74 Å². The molecule has 1 saturated carbocycles. The highest BCUT2D eigenvalue weighted by molar-refractivity contribution is 6.35. The molecule has 5 nitrogen and oxygen atoms in total. The zero-order valence-electron chi connectivity index (χ0n) is 19.1. The molecule has 2 aliphatic heterocycles. The summed E-state index contributed by atoms with van der Waals surface area (Å²) >= 11 is 0.